The summed E-state index contributed by atoms with van der Waals surface area (Å²) in [7, 11) is 2.87. The molecular formula is C12H15FO3. The van der Waals surface area contributed by atoms with Crippen molar-refractivity contribution in [3.8, 4) is 11.5 Å². The summed E-state index contributed by atoms with van der Waals surface area (Å²) in [5.41, 5.74) is 0.383. The molecule has 0 saturated carbocycles. The van der Waals surface area contributed by atoms with E-state index >= 15 is 0 Å². The van der Waals surface area contributed by atoms with Gasteiger partial charge in [-0.3, -0.25) is 0 Å². The third-order valence-electron chi connectivity index (χ3n) is 2.49. The number of rotatable bonds is 5. The van der Waals surface area contributed by atoms with E-state index in [2.05, 4.69) is 0 Å². The highest BCUT2D eigenvalue weighted by Crippen LogP contribution is 2.35. The quantitative estimate of drug-likeness (QED) is 0.724. The van der Waals surface area contributed by atoms with Crippen LogP contribution in [0, 0.1) is 5.82 Å². The molecule has 1 aromatic rings. The van der Waals surface area contributed by atoms with Gasteiger partial charge in [0.15, 0.2) is 11.6 Å². The van der Waals surface area contributed by atoms with Crippen molar-refractivity contribution in [3.63, 3.8) is 0 Å². The van der Waals surface area contributed by atoms with Gasteiger partial charge in [-0.2, -0.15) is 0 Å². The average Bonchev–Trinajstić information content (AvgIpc) is 2.28. The summed E-state index contributed by atoms with van der Waals surface area (Å²) in [6.07, 6.45) is 1.02. The summed E-state index contributed by atoms with van der Waals surface area (Å²) < 4.78 is 23.9. The SMILES string of the molecule is COc1ccc(OC)c(C(C)CC=O)c1F. The van der Waals surface area contributed by atoms with Crippen molar-refractivity contribution in [3.05, 3.63) is 23.5 Å². The normalized spacial score (nSPS) is 12.0. The van der Waals surface area contributed by atoms with Crippen LogP contribution in [0.3, 0.4) is 0 Å². The fourth-order valence-electron chi connectivity index (χ4n) is 1.61. The number of halogens is 1. The second-order valence-corrected chi connectivity index (χ2v) is 3.50. The summed E-state index contributed by atoms with van der Waals surface area (Å²) in [4.78, 5) is 10.5. The maximum Gasteiger partial charge on any atom is 0.172 e. The van der Waals surface area contributed by atoms with Gasteiger partial charge in [-0.1, -0.05) is 6.92 Å². The topological polar surface area (TPSA) is 35.5 Å². The van der Waals surface area contributed by atoms with Crippen LogP contribution < -0.4 is 9.47 Å². The summed E-state index contributed by atoms with van der Waals surface area (Å²) >= 11 is 0. The molecule has 3 nitrogen and oxygen atoms in total. The number of carbonyl (C=O) groups excluding carboxylic acids is 1. The lowest BCUT2D eigenvalue weighted by molar-refractivity contribution is -0.108. The van der Waals surface area contributed by atoms with Gasteiger partial charge in [-0.25, -0.2) is 4.39 Å². The van der Waals surface area contributed by atoms with Gasteiger partial charge < -0.3 is 14.3 Å². The highest BCUT2D eigenvalue weighted by atomic mass is 19.1. The van der Waals surface area contributed by atoms with Gasteiger partial charge in [0.25, 0.3) is 0 Å². The van der Waals surface area contributed by atoms with Crippen molar-refractivity contribution in [1.82, 2.24) is 0 Å². The number of hydrogen-bond donors (Lipinski definition) is 0. The molecule has 0 radical (unpaired) electrons. The lowest BCUT2D eigenvalue weighted by atomic mass is 9.96. The highest BCUT2D eigenvalue weighted by molar-refractivity contribution is 5.54. The van der Waals surface area contributed by atoms with E-state index in [-0.39, 0.29) is 18.1 Å². The van der Waals surface area contributed by atoms with E-state index in [1.807, 2.05) is 0 Å². The molecule has 1 rings (SSSR count). The van der Waals surface area contributed by atoms with Gasteiger partial charge in [0.1, 0.15) is 12.0 Å². The minimum absolute atomic E-state index is 0.161. The van der Waals surface area contributed by atoms with Crippen molar-refractivity contribution in [2.75, 3.05) is 14.2 Å². The Hall–Kier alpha value is -1.58. The Morgan fingerprint density at radius 2 is 1.88 bits per heavy atom. The minimum Gasteiger partial charge on any atom is -0.496 e. The van der Waals surface area contributed by atoms with Crippen LogP contribution >= 0.6 is 0 Å². The fraction of sp³-hybridized carbons (Fsp3) is 0.417. The number of methoxy groups -OCH3 is 2. The second kappa shape index (κ2) is 5.49. The molecule has 88 valence electrons. The standard InChI is InChI=1S/C12H15FO3/c1-8(6-7-14)11-9(15-2)4-5-10(16-3)12(11)13/h4-5,7-8H,6H2,1-3H3. The van der Waals surface area contributed by atoms with E-state index in [0.29, 0.717) is 11.3 Å². The zero-order valence-electron chi connectivity index (χ0n) is 9.62. The molecule has 1 unspecified atom stereocenters. The fourth-order valence-corrected chi connectivity index (χ4v) is 1.61. The van der Waals surface area contributed by atoms with Crippen LogP contribution in [0.4, 0.5) is 4.39 Å². The van der Waals surface area contributed by atoms with E-state index in [0.717, 1.165) is 6.29 Å². The van der Waals surface area contributed by atoms with Gasteiger partial charge in [-0.15, -0.1) is 0 Å². The van der Waals surface area contributed by atoms with Crippen molar-refractivity contribution in [2.45, 2.75) is 19.3 Å². The molecule has 0 saturated heterocycles. The molecule has 0 aliphatic carbocycles. The molecule has 4 heteroatoms. The van der Waals surface area contributed by atoms with Crippen LogP contribution in [0.15, 0.2) is 12.1 Å². The highest BCUT2D eigenvalue weighted by Gasteiger charge is 2.19. The van der Waals surface area contributed by atoms with Crippen LogP contribution in [0.2, 0.25) is 0 Å². The van der Waals surface area contributed by atoms with Gasteiger partial charge in [0.2, 0.25) is 0 Å². The maximum absolute atomic E-state index is 14.0. The van der Waals surface area contributed by atoms with E-state index in [1.165, 1.54) is 20.3 Å². The molecule has 1 atom stereocenters. The number of hydrogen-bond acceptors (Lipinski definition) is 3. The molecular weight excluding hydrogens is 211 g/mol. The average molecular weight is 226 g/mol. The van der Waals surface area contributed by atoms with E-state index in [4.69, 9.17) is 9.47 Å². The third kappa shape index (κ3) is 2.32. The predicted octanol–water partition coefficient (Wildman–Crippen LogP) is 2.54. The largest absolute Gasteiger partial charge is 0.496 e. The summed E-state index contributed by atoms with van der Waals surface area (Å²) in [5.74, 6) is -0.0973. The smallest absolute Gasteiger partial charge is 0.172 e. The van der Waals surface area contributed by atoms with Crippen molar-refractivity contribution in [1.29, 1.82) is 0 Å². The van der Waals surface area contributed by atoms with E-state index in [9.17, 15) is 9.18 Å². The molecule has 0 fully saturated rings. The zero-order chi connectivity index (χ0) is 12.1. The predicted molar refractivity (Wildman–Crippen MR) is 58.6 cm³/mol. The molecule has 0 aliphatic rings. The molecule has 0 aliphatic heterocycles. The van der Waals surface area contributed by atoms with Gasteiger partial charge >= 0.3 is 0 Å². The lowest BCUT2D eigenvalue weighted by Gasteiger charge is -2.16. The first-order valence-electron chi connectivity index (χ1n) is 4.99. The first-order chi connectivity index (χ1) is 7.65. The molecule has 1 aromatic carbocycles. The van der Waals surface area contributed by atoms with E-state index in [1.54, 1.807) is 13.0 Å². The van der Waals surface area contributed by atoms with Gasteiger partial charge in [-0.05, 0) is 18.1 Å². The first-order valence-corrected chi connectivity index (χ1v) is 4.99. The first kappa shape index (κ1) is 12.5. The molecule has 0 amide bonds. The molecule has 16 heavy (non-hydrogen) atoms. The van der Waals surface area contributed by atoms with Crippen LogP contribution in [-0.2, 0) is 4.79 Å². The maximum atomic E-state index is 14.0. The van der Waals surface area contributed by atoms with Crippen molar-refractivity contribution < 1.29 is 18.7 Å². The van der Waals surface area contributed by atoms with Gasteiger partial charge in [0, 0.05) is 12.0 Å². The Morgan fingerprint density at radius 1 is 1.31 bits per heavy atom. The number of aldehydes is 1. The van der Waals surface area contributed by atoms with Crippen LogP contribution in [-0.4, -0.2) is 20.5 Å². The van der Waals surface area contributed by atoms with Crippen molar-refractivity contribution in [2.24, 2.45) is 0 Å². The van der Waals surface area contributed by atoms with Gasteiger partial charge in [0.05, 0.1) is 14.2 Å². The Bertz CT molecular complexity index is 377. The van der Waals surface area contributed by atoms with Crippen molar-refractivity contribution >= 4 is 6.29 Å². The Morgan fingerprint density at radius 3 is 2.38 bits per heavy atom. The molecule has 0 aromatic heterocycles. The number of benzene rings is 1. The monoisotopic (exact) mass is 226 g/mol. The van der Waals surface area contributed by atoms with Crippen LogP contribution in [0.1, 0.15) is 24.8 Å². The third-order valence-corrected chi connectivity index (χ3v) is 2.49. The summed E-state index contributed by atoms with van der Waals surface area (Å²) in [5, 5.41) is 0. The molecule has 0 bridgehead atoms. The van der Waals surface area contributed by atoms with Crippen LogP contribution in [0.25, 0.3) is 0 Å². The Labute approximate surface area is 94.2 Å². The van der Waals surface area contributed by atoms with E-state index < -0.39 is 5.82 Å². The number of ether oxygens (including phenoxy) is 2. The summed E-state index contributed by atoms with van der Waals surface area (Å²) in [6.45, 7) is 1.77. The van der Waals surface area contributed by atoms with Crippen LogP contribution in [0.5, 0.6) is 11.5 Å². The molecule has 0 heterocycles. The lowest BCUT2D eigenvalue weighted by Crippen LogP contribution is -2.03. The minimum atomic E-state index is -0.462. The zero-order valence-corrected chi connectivity index (χ0v) is 9.62. The summed E-state index contributed by atoms with van der Waals surface area (Å²) in [6, 6.07) is 3.14. The number of carbonyl (C=O) groups is 1. The Balaban J connectivity index is 3.25. The molecule has 0 N–H and O–H groups in total. The second-order valence-electron chi connectivity index (χ2n) is 3.50. The Kier molecular flexibility index (Phi) is 4.28. The molecule has 0 spiro atoms.